The molecule has 0 N–H and O–H groups in total. The van der Waals surface area contributed by atoms with Crippen molar-refractivity contribution in [2.45, 2.75) is 81.1 Å². The van der Waals surface area contributed by atoms with Crippen LogP contribution in [-0.4, -0.2) is 12.6 Å². The predicted molar refractivity (Wildman–Crippen MR) is 81.8 cm³/mol. The summed E-state index contributed by atoms with van der Waals surface area (Å²) in [5, 5.41) is 0. The number of carbonyl (C=O) groups excluding carboxylic acids is 1. The summed E-state index contributed by atoms with van der Waals surface area (Å²) < 4.78 is 4.98. The first-order valence-corrected chi connectivity index (χ1v) is 7.82. The van der Waals surface area contributed by atoms with Crippen molar-refractivity contribution < 1.29 is 9.53 Å². The molecule has 18 heavy (non-hydrogen) atoms. The van der Waals surface area contributed by atoms with Crippen molar-refractivity contribution in [3.8, 4) is 0 Å². The third-order valence-electron chi connectivity index (χ3n) is 2.66. The van der Waals surface area contributed by atoms with Gasteiger partial charge < -0.3 is 4.74 Å². The number of ether oxygens (including phenoxy) is 1. The van der Waals surface area contributed by atoms with Gasteiger partial charge in [0.15, 0.2) is 0 Å². The van der Waals surface area contributed by atoms with Gasteiger partial charge in [0.2, 0.25) is 0 Å². The lowest BCUT2D eigenvalue weighted by molar-refractivity contribution is -0.142. The molecule has 0 aromatic carbocycles. The fraction of sp³-hybridized carbons (Fsp3) is 0.938. The Kier molecular flexibility index (Phi) is 23.7. The van der Waals surface area contributed by atoms with E-state index in [4.69, 9.17) is 4.74 Å². The van der Waals surface area contributed by atoms with E-state index in [-0.39, 0.29) is 5.97 Å². The lowest BCUT2D eigenvalue weighted by atomic mass is 9.83. The van der Waals surface area contributed by atoms with Crippen LogP contribution in [0.25, 0.3) is 0 Å². The minimum absolute atomic E-state index is 0.145. The summed E-state index contributed by atoms with van der Waals surface area (Å²) in [5.41, 5.74) is 0. The van der Waals surface area contributed by atoms with Gasteiger partial charge in [0.25, 0.3) is 0 Å². The molecule has 0 radical (unpaired) electrons. The van der Waals surface area contributed by atoms with Crippen LogP contribution in [0.1, 0.15) is 81.1 Å². The van der Waals surface area contributed by atoms with Gasteiger partial charge in [-0.05, 0) is 24.7 Å². The van der Waals surface area contributed by atoms with E-state index < -0.39 is 0 Å². The van der Waals surface area contributed by atoms with Crippen molar-refractivity contribution in [2.75, 3.05) is 6.61 Å². The second kappa shape index (κ2) is 18.8. The Morgan fingerprint density at radius 3 is 1.67 bits per heavy atom. The quantitative estimate of drug-likeness (QED) is 0.617. The summed E-state index contributed by atoms with van der Waals surface area (Å²) in [4.78, 5) is 10.5. The van der Waals surface area contributed by atoms with Gasteiger partial charge in [-0.15, -0.1) is 0 Å². The van der Waals surface area contributed by atoms with Crippen molar-refractivity contribution in [3.05, 3.63) is 0 Å². The Morgan fingerprint density at radius 2 is 1.33 bits per heavy atom. The van der Waals surface area contributed by atoms with Crippen LogP contribution >= 0.6 is 0 Å². The highest BCUT2D eigenvalue weighted by Crippen LogP contribution is 2.28. The average molecular weight is 260 g/mol. The Bertz CT molecular complexity index is 147. The van der Waals surface area contributed by atoms with E-state index in [1.165, 1.54) is 32.6 Å². The molecule has 0 spiro atoms. The highest BCUT2D eigenvalue weighted by atomic mass is 16.5. The van der Waals surface area contributed by atoms with Crippen molar-refractivity contribution in [2.24, 2.45) is 11.8 Å². The van der Waals surface area contributed by atoms with Gasteiger partial charge in [-0.25, -0.2) is 0 Å². The molecule has 1 rings (SSSR count). The molecule has 0 saturated heterocycles. The maximum atomic E-state index is 10.5. The van der Waals surface area contributed by atoms with Crippen LogP contribution in [0.5, 0.6) is 0 Å². The van der Waals surface area contributed by atoms with Crippen LogP contribution in [0, 0.1) is 11.8 Å². The van der Waals surface area contributed by atoms with Crippen LogP contribution in [0.2, 0.25) is 0 Å². The summed E-state index contributed by atoms with van der Waals surface area (Å²) in [6.07, 6.45) is 5.06. The van der Waals surface area contributed by atoms with Gasteiger partial charge in [0, 0.05) is 6.92 Å². The predicted octanol–water partition coefficient (Wildman–Crippen LogP) is 5.45. The lowest BCUT2D eigenvalue weighted by Gasteiger charge is -2.25. The average Bonchev–Trinajstić information content (AvgIpc) is 2.45. The molecule has 0 heterocycles. The van der Waals surface area contributed by atoms with Gasteiger partial charge in [-0.2, -0.15) is 0 Å². The van der Waals surface area contributed by atoms with Gasteiger partial charge >= 0.3 is 5.97 Å². The lowest BCUT2D eigenvalue weighted by Crippen LogP contribution is -2.18. The molecular formula is C16H36O2. The van der Waals surface area contributed by atoms with Crippen molar-refractivity contribution in [3.63, 3.8) is 0 Å². The number of hydrogen-bond acceptors (Lipinski definition) is 2. The Labute approximate surface area is 116 Å². The minimum atomic E-state index is -0.145. The summed E-state index contributed by atoms with van der Waals surface area (Å²) >= 11 is 0. The molecule has 0 amide bonds. The standard InChI is InChI=1S/C10H18O2.3C2H6/c1-8-3-5-10(6-4-8)7-12-9(2)11;3*1-2/h8,10H,3-7H2,1-2H3;3*1-2H3. The van der Waals surface area contributed by atoms with Crippen molar-refractivity contribution in [1.29, 1.82) is 0 Å². The molecule has 2 nitrogen and oxygen atoms in total. The second-order valence-electron chi connectivity index (χ2n) is 3.93. The van der Waals surface area contributed by atoms with Crippen LogP contribution < -0.4 is 0 Å². The Morgan fingerprint density at radius 1 is 0.944 bits per heavy atom. The minimum Gasteiger partial charge on any atom is -0.466 e. The molecular weight excluding hydrogens is 224 g/mol. The topological polar surface area (TPSA) is 26.3 Å². The highest BCUT2D eigenvalue weighted by molar-refractivity contribution is 5.65. The number of carbonyl (C=O) groups is 1. The highest BCUT2D eigenvalue weighted by Gasteiger charge is 2.18. The van der Waals surface area contributed by atoms with E-state index >= 15 is 0 Å². The monoisotopic (exact) mass is 260 g/mol. The first-order chi connectivity index (χ1) is 8.68. The van der Waals surface area contributed by atoms with Gasteiger partial charge in [0.1, 0.15) is 0 Å². The van der Waals surface area contributed by atoms with Gasteiger partial charge in [-0.3, -0.25) is 4.79 Å². The van der Waals surface area contributed by atoms with Crippen LogP contribution in [0.4, 0.5) is 0 Å². The molecule has 1 aliphatic rings. The molecule has 1 aliphatic carbocycles. The van der Waals surface area contributed by atoms with E-state index in [0.29, 0.717) is 12.5 Å². The van der Waals surface area contributed by atoms with E-state index in [2.05, 4.69) is 6.92 Å². The maximum absolute atomic E-state index is 10.5. The zero-order valence-electron chi connectivity index (χ0n) is 14.0. The van der Waals surface area contributed by atoms with E-state index in [1.807, 2.05) is 41.5 Å². The Hall–Kier alpha value is -0.530. The third-order valence-corrected chi connectivity index (χ3v) is 2.66. The van der Waals surface area contributed by atoms with Crippen LogP contribution in [0.3, 0.4) is 0 Å². The summed E-state index contributed by atoms with van der Waals surface area (Å²) in [7, 11) is 0. The largest absolute Gasteiger partial charge is 0.466 e. The molecule has 0 unspecified atom stereocenters. The molecule has 1 saturated carbocycles. The maximum Gasteiger partial charge on any atom is 0.302 e. The number of hydrogen-bond donors (Lipinski definition) is 0. The third kappa shape index (κ3) is 15.5. The first kappa shape index (κ1) is 22.6. The van der Waals surface area contributed by atoms with Crippen LogP contribution in [0.15, 0.2) is 0 Å². The smallest absolute Gasteiger partial charge is 0.302 e. The Balaban J connectivity index is -0.000000328. The van der Waals surface area contributed by atoms with Crippen molar-refractivity contribution in [1.82, 2.24) is 0 Å². The zero-order chi connectivity index (χ0) is 15.0. The molecule has 2 heteroatoms. The van der Waals surface area contributed by atoms with Crippen molar-refractivity contribution >= 4 is 5.97 Å². The second-order valence-corrected chi connectivity index (χ2v) is 3.93. The number of rotatable bonds is 2. The normalized spacial score (nSPS) is 20.9. The van der Waals surface area contributed by atoms with Gasteiger partial charge in [0.05, 0.1) is 6.61 Å². The van der Waals surface area contributed by atoms with E-state index in [0.717, 1.165) is 5.92 Å². The molecule has 1 fully saturated rings. The summed E-state index contributed by atoms with van der Waals surface area (Å²) in [5.74, 6) is 1.36. The molecule has 0 atom stereocenters. The first-order valence-electron chi connectivity index (χ1n) is 7.82. The fourth-order valence-corrected chi connectivity index (χ4v) is 1.73. The van der Waals surface area contributed by atoms with E-state index in [9.17, 15) is 4.79 Å². The SMILES string of the molecule is CC.CC.CC.CC(=O)OCC1CCC(C)CC1. The molecule has 112 valence electrons. The molecule has 0 aliphatic heterocycles. The van der Waals surface area contributed by atoms with Crippen LogP contribution in [-0.2, 0) is 9.53 Å². The fourth-order valence-electron chi connectivity index (χ4n) is 1.73. The zero-order valence-corrected chi connectivity index (χ0v) is 14.0. The van der Waals surface area contributed by atoms with E-state index in [1.54, 1.807) is 0 Å². The summed E-state index contributed by atoms with van der Waals surface area (Å²) in [6, 6.07) is 0. The molecule has 0 aromatic rings. The van der Waals surface area contributed by atoms with Gasteiger partial charge in [-0.1, -0.05) is 61.3 Å². The summed E-state index contributed by atoms with van der Waals surface area (Å²) in [6.45, 7) is 16.4. The molecule has 0 aromatic heterocycles. The number of esters is 1. The molecule has 0 bridgehead atoms.